The standard InChI is InChI=1S/C20H23FN6O4S2/c1-13(32)22-9-15-10-27(20(29)31-15)14-2-3-17(16(21)8-14)25-4-6-26(7-5-25)18(28)11-33-19-24-23-12-30-19/h2-3,8,12,15H,4-7,9-11H2,1H3,(H,22,32). The van der Waals surface area contributed by atoms with Gasteiger partial charge in [0, 0.05) is 26.2 Å². The summed E-state index contributed by atoms with van der Waals surface area (Å²) in [5.41, 5.74) is 0.878. The van der Waals surface area contributed by atoms with Gasteiger partial charge in [-0.05, 0) is 25.1 Å². The van der Waals surface area contributed by atoms with E-state index in [0.29, 0.717) is 60.9 Å². The molecule has 2 aromatic rings. The molecule has 2 aliphatic heterocycles. The maximum atomic E-state index is 14.9. The summed E-state index contributed by atoms with van der Waals surface area (Å²) >= 11 is 6.17. The molecule has 13 heteroatoms. The Kier molecular flexibility index (Phi) is 7.28. The topological polar surface area (TPSA) is 104 Å². The summed E-state index contributed by atoms with van der Waals surface area (Å²) in [6, 6.07) is 4.71. The highest BCUT2D eigenvalue weighted by Gasteiger charge is 2.33. The Balaban J connectivity index is 1.31. The fraction of sp³-hybridized carbons (Fsp3) is 0.450. The number of hydrogen-bond acceptors (Lipinski definition) is 9. The van der Waals surface area contributed by atoms with Crippen LogP contribution < -0.4 is 15.1 Å². The number of piperazine rings is 1. The highest BCUT2D eigenvalue weighted by atomic mass is 32.2. The lowest BCUT2D eigenvalue weighted by Crippen LogP contribution is -2.49. The van der Waals surface area contributed by atoms with Crippen molar-refractivity contribution >= 4 is 52.3 Å². The molecule has 2 aliphatic rings. The number of carbonyl (C=O) groups is 2. The molecule has 0 aliphatic carbocycles. The molecule has 176 valence electrons. The Labute approximate surface area is 199 Å². The van der Waals surface area contributed by atoms with Gasteiger partial charge in [0.25, 0.3) is 5.22 Å². The summed E-state index contributed by atoms with van der Waals surface area (Å²) in [5.74, 6) is -0.255. The minimum atomic E-state index is -0.513. The van der Waals surface area contributed by atoms with Crippen LogP contribution in [0, 0.1) is 5.82 Å². The monoisotopic (exact) mass is 494 g/mol. The summed E-state index contributed by atoms with van der Waals surface area (Å²) < 4.78 is 25.3. The molecule has 1 aromatic heterocycles. The van der Waals surface area contributed by atoms with Crippen molar-refractivity contribution in [2.45, 2.75) is 18.3 Å². The van der Waals surface area contributed by atoms with Crippen molar-refractivity contribution in [2.75, 3.05) is 54.8 Å². The third-order valence-corrected chi connectivity index (χ3v) is 6.29. The number of amides is 2. The summed E-state index contributed by atoms with van der Waals surface area (Å²) in [6.45, 7) is 4.45. The third-order valence-electron chi connectivity index (χ3n) is 5.33. The number of aromatic nitrogens is 2. The van der Waals surface area contributed by atoms with Crippen LogP contribution >= 0.6 is 24.0 Å². The van der Waals surface area contributed by atoms with Gasteiger partial charge in [0.15, 0.2) is 0 Å². The van der Waals surface area contributed by atoms with Crippen LogP contribution in [0.4, 0.5) is 20.6 Å². The van der Waals surface area contributed by atoms with Gasteiger partial charge in [-0.1, -0.05) is 24.0 Å². The second-order valence-electron chi connectivity index (χ2n) is 7.55. The molecule has 2 amide bonds. The van der Waals surface area contributed by atoms with Gasteiger partial charge < -0.3 is 24.3 Å². The SMILES string of the molecule is CC(=S)NCC1CN(c2ccc(N3CCN(C(=O)CSc4nnco4)CC3)c(F)c2)C(=O)O1. The number of rotatable bonds is 7. The van der Waals surface area contributed by atoms with Gasteiger partial charge in [0.2, 0.25) is 12.3 Å². The number of halogens is 1. The van der Waals surface area contributed by atoms with Gasteiger partial charge in [-0.25, -0.2) is 9.18 Å². The van der Waals surface area contributed by atoms with E-state index in [-0.39, 0.29) is 17.8 Å². The zero-order valence-electron chi connectivity index (χ0n) is 17.9. The van der Waals surface area contributed by atoms with Gasteiger partial charge in [0.1, 0.15) is 11.9 Å². The molecule has 0 spiro atoms. The van der Waals surface area contributed by atoms with Crippen molar-refractivity contribution < 1.29 is 23.1 Å². The third kappa shape index (κ3) is 5.71. The van der Waals surface area contributed by atoms with Crippen LogP contribution in [0.5, 0.6) is 0 Å². The van der Waals surface area contributed by atoms with Crippen LogP contribution in [-0.4, -0.2) is 83.2 Å². The number of ether oxygens (including phenoxy) is 1. The Morgan fingerprint density at radius 3 is 2.79 bits per heavy atom. The predicted molar refractivity (Wildman–Crippen MR) is 124 cm³/mol. The van der Waals surface area contributed by atoms with Crippen LogP contribution in [0.2, 0.25) is 0 Å². The Morgan fingerprint density at radius 1 is 1.33 bits per heavy atom. The molecule has 0 radical (unpaired) electrons. The van der Waals surface area contributed by atoms with Crippen molar-refractivity contribution in [3.63, 3.8) is 0 Å². The quantitative estimate of drug-likeness (QED) is 0.453. The molecule has 2 saturated heterocycles. The molecule has 1 unspecified atom stereocenters. The van der Waals surface area contributed by atoms with Gasteiger partial charge in [-0.3, -0.25) is 9.69 Å². The lowest BCUT2D eigenvalue weighted by molar-refractivity contribution is -0.128. The molecule has 0 saturated carbocycles. The normalized spacial score (nSPS) is 18.4. The molecule has 33 heavy (non-hydrogen) atoms. The highest BCUT2D eigenvalue weighted by molar-refractivity contribution is 7.99. The Morgan fingerprint density at radius 2 is 2.12 bits per heavy atom. The van der Waals surface area contributed by atoms with Crippen LogP contribution in [0.1, 0.15) is 6.92 Å². The van der Waals surface area contributed by atoms with Gasteiger partial charge in [-0.15, -0.1) is 10.2 Å². The van der Waals surface area contributed by atoms with E-state index in [4.69, 9.17) is 21.4 Å². The van der Waals surface area contributed by atoms with Gasteiger partial charge >= 0.3 is 6.09 Å². The van der Waals surface area contributed by atoms with E-state index in [0.717, 1.165) is 0 Å². The van der Waals surface area contributed by atoms with Crippen molar-refractivity contribution in [2.24, 2.45) is 0 Å². The lowest BCUT2D eigenvalue weighted by atomic mass is 10.2. The van der Waals surface area contributed by atoms with Crippen LogP contribution in [0.15, 0.2) is 34.2 Å². The number of benzene rings is 1. The molecular weight excluding hydrogens is 471 g/mol. The first-order valence-corrected chi connectivity index (χ1v) is 11.7. The first kappa shape index (κ1) is 23.2. The number of hydrogen-bond donors (Lipinski definition) is 1. The average molecular weight is 495 g/mol. The number of nitrogens with zero attached hydrogens (tertiary/aromatic N) is 5. The Hall–Kier alpha value is -2.93. The smallest absolute Gasteiger partial charge is 0.414 e. The predicted octanol–water partition coefficient (Wildman–Crippen LogP) is 1.91. The van der Waals surface area contributed by atoms with Gasteiger partial charge in [-0.2, -0.15) is 0 Å². The number of nitrogens with one attached hydrogen (secondary N) is 1. The molecule has 1 N–H and O–H groups in total. The first-order valence-electron chi connectivity index (χ1n) is 10.3. The Bertz CT molecular complexity index is 1020. The maximum Gasteiger partial charge on any atom is 0.414 e. The molecular formula is C20H23FN6O4S2. The molecule has 2 fully saturated rings. The van der Waals surface area contributed by atoms with Crippen molar-refractivity contribution in [1.82, 2.24) is 20.4 Å². The summed E-state index contributed by atoms with van der Waals surface area (Å²) in [6.07, 6.45) is 0.346. The van der Waals surface area contributed by atoms with Crippen LogP contribution in [0.3, 0.4) is 0 Å². The number of cyclic esters (lactones) is 1. The molecule has 10 nitrogen and oxygen atoms in total. The van der Waals surface area contributed by atoms with E-state index >= 15 is 0 Å². The number of thioether (sulfide) groups is 1. The molecule has 3 heterocycles. The largest absolute Gasteiger partial charge is 0.442 e. The lowest BCUT2D eigenvalue weighted by Gasteiger charge is -2.36. The number of carbonyl (C=O) groups excluding carboxylic acids is 2. The summed E-state index contributed by atoms with van der Waals surface area (Å²) in [5, 5.41) is 10.6. The van der Waals surface area contributed by atoms with E-state index in [9.17, 15) is 14.0 Å². The van der Waals surface area contributed by atoms with E-state index in [1.54, 1.807) is 24.0 Å². The molecule has 1 aromatic carbocycles. The highest BCUT2D eigenvalue weighted by Crippen LogP contribution is 2.28. The van der Waals surface area contributed by atoms with E-state index in [1.807, 2.05) is 4.90 Å². The zero-order chi connectivity index (χ0) is 23.4. The fourth-order valence-electron chi connectivity index (χ4n) is 3.65. The van der Waals surface area contributed by atoms with Crippen LogP contribution in [0.25, 0.3) is 0 Å². The molecule has 4 rings (SSSR count). The fourth-order valence-corrected chi connectivity index (χ4v) is 4.38. The maximum absolute atomic E-state index is 14.9. The number of thiocarbonyl (C=S) groups is 1. The second-order valence-corrected chi connectivity index (χ2v) is 9.09. The molecule has 0 bridgehead atoms. The summed E-state index contributed by atoms with van der Waals surface area (Å²) in [7, 11) is 0. The van der Waals surface area contributed by atoms with E-state index in [1.165, 1.54) is 29.1 Å². The van der Waals surface area contributed by atoms with Crippen molar-refractivity contribution in [1.29, 1.82) is 0 Å². The number of anilines is 2. The van der Waals surface area contributed by atoms with E-state index < -0.39 is 11.9 Å². The van der Waals surface area contributed by atoms with E-state index in [2.05, 4.69) is 15.5 Å². The van der Waals surface area contributed by atoms with Crippen molar-refractivity contribution in [3.8, 4) is 0 Å². The second kappa shape index (κ2) is 10.3. The minimum absolute atomic E-state index is 0.0332. The van der Waals surface area contributed by atoms with Gasteiger partial charge in [0.05, 0.1) is 35.2 Å². The zero-order valence-corrected chi connectivity index (χ0v) is 19.5. The first-order chi connectivity index (χ1) is 15.9. The summed E-state index contributed by atoms with van der Waals surface area (Å²) in [4.78, 5) is 30.3. The van der Waals surface area contributed by atoms with Crippen LogP contribution in [-0.2, 0) is 9.53 Å². The minimum Gasteiger partial charge on any atom is -0.442 e. The molecule has 1 atom stereocenters. The average Bonchev–Trinajstić information content (AvgIpc) is 3.45. The van der Waals surface area contributed by atoms with Crippen molar-refractivity contribution in [3.05, 3.63) is 30.4 Å².